The normalized spacial score (nSPS) is 14.7. The van der Waals surface area contributed by atoms with Gasteiger partial charge in [0, 0.05) is 44.0 Å². The zero-order valence-electron chi connectivity index (χ0n) is 13.6. The van der Waals surface area contributed by atoms with Crippen LogP contribution in [0.4, 0.5) is 15.8 Å². The summed E-state index contributed by atoms with van der Waals surface area (Å²) in [4.78, 5) is 16.5. The van der Waals surface area contributed by atoms with Gasteiger partial charge in [0.2, 0.25) is 5.91 Å². The number of anilines is 2. The van der Waals surface area contributed by atoms with E-state index in [1.165, 1.54) is 12.1 Å². The molecule has 2 N–H and O–H groups in total. The van der Waals surface area contributed by atoms with Crippen molar-refractivity contribution in [2.75, 3.05) is 36.8 Å². The highest BCUT2D eigenvalue weighted by atomic mass is 19.1. The Morgan fingerprint density at radius 1 is 1.04 bits per heavy atom. The van der Waals surface area contributed by atoms with Crippen LogP contribution in [0.5, 0.6) is 0 Å². The number of amides is 1. The first-order valence-electron chi connectivity index (χ1n) is 8.24. The Hall–Kier alpha value is -2.56. The predicted octanol–water partition coefficient (Wildman–Crippen LogP) is 2.69. The van der Waals surface area contributed by atoms with E-state index in [0.717, 1.165) is 30.0 Å². The van der Waals surface area contributed by atoms with E-state index in [-0.39, 0.29) is 11.7 Å². The van der Waals surface area contributed by atoms with Crippen LogP contribution < -0.4 is 10.6 Å². The van der Waals surface area contributed by atoms with E-state index in [9.17, 15) is 9.18 Å². The van der Waals surface area contributed by atoms with Crippen molar-refractivity contribution in [1.82, 2.24) is 4.90 Å². The SMILES string of the molecule is Nc1cccc(CCC(=O)N2CCN(c3ccc(F)cc3)CC2)c1. The molecule has 1 aliphatic rings. The number of nitrogens with zero attached hydrogens (tertiary/aromatic N) is 2. The fourth-order valence-corrected chi connectivity index (χ4v) is 3.02. The number of carbonyl (C=O) groups is 1. The number of carbonyl (C=O) groups excluding carboxylic acids is 1. The standard InChI is InChI=1S/C19H22FN3O/c20-16-5-7-18(8-6-16)22-10-12-23(13-11-22)19(24)9-4-15-2-1-3-17(21)14-15/h1-3,5-8,14H,4,9-13,21H2. The average molecular weight is 327 g/mol. The molecule has 0 radical (unpaired) electrons. The topological polar surface area (TPSA) is 49.6 Å². The summed E-state index contributed by atoms with van der Waals surface area (Å²) in [6.45, 7) is 2.95. The maximum Gasteiger partial charge on any atom is 0.223 e. The van der Waals surface area contributed by atoms with Gasteiger partial charge in [-0.05, 0) is 48.4 Å². The summed E-state index contributed by atoms with van der Waals surface area (Å²) in [5, 5.41) is 0. The number of halogens is 1. The fraction of sp³-hybridized carbons (Fsp3) is 0.316. The van der Waals surface area contributed by atoms with Crippen molar-refractivity contribution in [1.29, 1.82) is 0 Å². The molecule has 1 saturated heterocycles. The smallest absolute Gasteiger partial charge is 0.223 e. The maximum absolute atomic E-state index is 13.0. The molecule has 0 unspecified atom stereocenters. The molecule has 0 saturated carbocycles. The molecule has 1 aliphatic heterocycles. The van der Waals surface area contributed by atoms with Gasteiger partial charge in [-0.2, -0.15) is 0 Å². The zero-order chi connectivity index (χ0) is 16.9. The molecule has 4 nitrogen and oxygen atoms in total. The van der Waals surface area contributed by atoms with Gasteiger partial charge in [0.05, 0.1) is 0 Å². The number of rotatable bonds is 4. The van der Waals surface area contributed by atoms with Crippen molar-refractivity contribution < 1.29 is 9.18 Å². The van der Waals surface area contributed by atoms with Gasteiger partial charge in [0.15, 0.2) is 0 Å². The van der Waals surface area contributed by atoms with E-state index in [4.69, 9.17) is 5.73 Å². The fourth-order valence-electron chi connectivity index (χ4n) is 3.02. The summed E-state index contributed by atoms with van der Waals surface area (Å²) in [5.74, 6) is -0.0507. The van der Waals surface area contributed by atoms with Gasteiger partial charge < -0.3 is 15.5 Å². The van der Waals surface area contributed by atoms with Crippen LogP contribution in [-0.4, -0.2) is 37.0 Å². The molecule has 2 aromatic rings. The molecule has 24 heavy (non-hydrogen) atoms. The van der Waals surface area contributed by atoms with Crippen LogP contribution in [0.1, 0.15) is 12.0 Å². The maximum atomic E-state index is 13.0. The highest BCUT2D eigenvalue weighted by Crippen LogP contribution is 2.17. The molecule has 0 spiro atoms. The van der Waals surface area contributed by atoms with E-state index in [0.29, 0.717) is 25.9 Å². The molecule has 3 rings (SSSR count). The third kappa shape index (κ3) is 4.04. The van der Waals surface area contributed by atoms with Gasteiger partial charge in [-0.25, -0.2) is 4.39 Å². The van der Waals surface area contributed by atoms with Crippen molar-refractivity contribution in [2.45, 2.75) is 12.8 Å². The number of hydrogen-bond donors (Lipinski definition) is 1. The van der Waals surface area contributed by atoms with Crippen LogP contribution in [0.15, 0.2) is 48.5 Å². The first-order valence-corrected chi connectivity index (χ1v) is 8.24. The van der Waals surface area contributed by atoms with Crippen LogP contribution in [-0.2, 0) is 11.2 Å². The molecule has 2 aromatic carbocycles. The number of nitrogen functional groups attached to an aromatic ring is 1. The van der Waals surface area contributed by atoms with Gasteiger partial charge in [-0.15, -0.1) is 0 Å². The van der Waals surface area contributed by atoms with Crippen molar-refractivity contribution in [3.63, 3.8) is 0 Å². The Labute approximate surface area is 141 Å². The van der Waals surface area contributed by atoms with E-state index >= 15 is 0 Å². The Kier molecular flexibility index (Phi) is 4.99. The molecule has 126 valence electrons. The predicted molar refractivity (Wildman–Crippen MR) is 94.4 cm³/mol. The Balaban J connectivity index is 1.49. The molecule has 0 atom stereocenters. The average Bonchev–Trinajstić information content (AvgIpc) is 2.61. The van der Waals surface area contributed by atoms with Gasteiger partial charge in [-0.1, -0.05) is 12.1 Å². The lowest BCUT2D eigenvalue weighted by Gasteiger charge is -2.36. The second-order valence-corrected chi connectivity index (χ2v) is 6.09. The zero-order valence-corrected chi connectivity index (χ0v) is 13.6. The van der Waals surface area contributed by atoms with E-state index in [1.807, 2.05) is 29.2 Å². The lowest BCUT2D eigenvalue weighted by molar-refractivity contribution is -0.131. The lowest BCUT2D eigenvalue weighted by atomic mass is 10.1. The second-order valence-electron chi connectivity index (χ2n) is 6.09. The lowest BCUT2D eigenvalue weighted by Crippen LogP contribution is -2.48. The molecular weight excluding hydrogens is 305 g/mol. The van der Waals surface area contributed by atoms with Crippen molar-refractivity contribution in [2.24, 2.45) is 0 Å². The Morgan fingerprint density at radius 2 is 1.75 bits per heavy atom. The molecule has 0 aliphatic carbocycles. The van der Waals surface area contributed by atoms with E-state index < -0.39 is 0 Å². The molecule has 1 amide bonds. The molecular formula is C19H22FN3O. The summed E-state index contributed by atoms with van der Waals surface area (Å²) >= 11 is 0. The van der Waals surface area contributed by atoms with Crippen LogP contribution >= 0.6 is 0 Å². The van der Waals surface area contributed by atoms with Crippen LogP contribution in [0.3, 0.4) is 0 Å². The Morgan fingerprint density at radius 3 is 2.42 bits per heavy atom. The molecule has 1 heterocycles. The van der Waals surface area contributed by atoms with E-state index in [2.05, 4.69) is 4.90 Å². The largest absolute Gasteiger partial charge is 0.399 e. The summed E-state index contributed by atoms with van der Waals surface area (Å²) in [5.41, 5.74) is 8.59. The number of benzene rings is 2. The third-order valence-corrected chi connectivity index (χ3v) is 4.40. The van der Waals surface area contributed by atoms with Gasteiger partial charge in [-0.3, -0.25) is 4.79 Å². The van der Waals surface area contributed by atoms with Crippen molar-refractivity contribution in [3.8, 4) is 0 Å². The minimum absolute atomic E-state index is 0.177. The first kappa shape index (κ1) is 16.3. The van der Waals surface area contributed by atoms with E-state index in [1.54, 1.807) is 12.1 Å². The highest BCUT2D eigenvalue weighted by Gasteiger charge is 2.21. The summed E-state index contributed by atoms with van der Waals surface area (Å²) < 4.78 is 13.0. The molecule has 1 fully saturated rings. The summed E-state index contributed by atoms with van der Waals surface area (Å²) in [7, 11) is 0. The molecule has 5 heteroatoms. The van der Waals surface area contributed by atoms with Crippen LogP contribution in [0, 0.1) is 5.82 Å². The Bertz CT molecular complexity index is 694. The minimum Gasteiger partial charge on any atom is -0.399 e. The van der Waals surface area contributed by atoms with Gasteiger partial charge in [0.25, 0.3) is 0 Å². The molecule has 0 bridgehead atoms. The third-order valence-electron chi connectivity index (χ3n) is 4.40. The van der Waals surface area contributed by atoms with Crippen molar-refractivity contribution >= 4 is 17.3 Å². The van der Waals surface area contributed by atoms with Gasteiger partial charge >= 0.3 is 0 Å². The van der Waals surface area contributed by atoms with Crippen LogP contribution in [0.2, 0.25) is 0 Å². The van der Waals surface area contributed by atoms with Crippen LogP contribution in [0.25, 0.3) is 0 Å². The van der Waals surface area contributed by atoms with Gasteiger partial charge in [0.1, 0.15) is 5.82 Å². The summed E-state index contributed by atoms with van der Waals surface area (Å²) in [6, 6.07) is 14.2. The number of nitrogens with two attached hydrogens (primary N) is 1. The first-order chi connectivity index (χ1) is 11.6. The number of hydrogen-bond acceptors (Lipinski definition) is 3. The highest BCUT2D eigenvalue weighted by molar-refractivity contribution is 5.76. The monoisotopic (exact) mass is 327 g/mol. The minimum atomic E-state index is -0.228. The summed E-state index contributed by atoms with van der Waals surface area (Å²) in [6.07, 6.45) is 1.21. The number of aryl methyl sites for hydroxylation is 1. The van der Waals surface area contributed by atoms with Crippen molar-refractivity contribution in [3.05, 3.63) is 59.9 Å². The second kappa shape index (κ2) is 7.34. The number of piperazine rings is 1. The quantitative estimate of drug-likeness (QED) is 0.879. The molecule has 0 aromatic heterocycles.